The molecule has 3 N–H and O–H groups in total. The molecule has 1 heterocycles. The van der Waals surface area contributed by atoms with Crippen molar-refractivity contribution in [2.24, 2.45) is 23.0 Å². The van der Waals surface area contributed by atoms with Crippen LogP contribution in [0.25, 0.3) is 0 Å². The number of amides is 1. The summed E-state index contributed by atoms with van der Waals surface area (Å²) in [5, 5.41) is 9.04. The van der Waals surface area contributed by atoms with E-state index in [1.807, 2.05) is 27.7 Å². The third-order valence-corrected chi connectivity index (χ3v) is 3.73. The molecule has 5 nitrogen and oxygen atoms in total. The first-order valence-corrected chi connectivity index (χ1v) is 6.41. The highest BCUT2D eigenvalue weighted by Gasteiger charge is 2.37. The first kappa shape index (κ1) is 15.0. The number of piperidine rings is 1. The maximum Gasteiger partial charge on any atom is 0.306 e. The molecule has 1 rings (SSSR count). The summed E-state index contributed by atoms with van der Waals surface area (Å²) in [4.78, 5) is 24.9. The number of hydrogen-bond donors (Lipinski definition) is 2. The lowest BCUT2D eigenvalue weighted by atomic mass is 9.83. The van der Waals surface area contributed by atoms with Gasteiger partial charge < -0.3 is 15.7 Å². The Morgan fingerprint density at radius 1 is 1.39 bits per heavy atom. The van der Waals surface area contributed by atoms with Crippen LogP contribution in [0.5, 0.6) is 0 Å². The van der Waals surface area contributed by atoms with Gasteiger partial charge >= 0.3 is 5.97 Å². The topological polar surface area (TPSA) is 83.6 Å². The molecule has 1 aliphatic rings. The minimum Gasteiger partial charge on any atom is -0.481 e. The smallest absolute Gasteiger partial charge is 0.306 e. The second-order valence-electron chi connectivity index (χ2n) is 6.34. The van der Waals surface area contributed by atoms with Crippen LogP contribution in [0.15, 0.2) is 0 Å². The number of carbonyl (C=O) groups excluding carboxylic acids is 1. The number of hydrogen-bond acceptors (Lipinski definition) is 3. The molecule has 18 heavy (non-hydrogen) atoms. The lowest BCUT2D eigenvalue weighted by Crippen LogP contribution is -2.54. The molecule has 1 aliphatic heterocycles. The van der Waals surface area contributed by atoms with Crippen LogP contribution in [0, 0.1) is 17.3 Å². The molecule has 3 unspecified atom stereocenters. The van der Waals surface area contributed by atoms with Crippen molar-refractivity contribution in [1.82, 2.24) is 4.90 Å². The Morgan fingerprint density at radius 2 is 1.94 bits per heavy atom. The summed E-state index contributed by atoms with van der Waals surface area (Å²) in [6.45, 7) is 8.65. The highest BCUT2D eigenvalue weighted by molar-refractivity contribution is 5.83. The fourth-order valence-corrected chi connectivity index (χ4v) is 2.28. The molecule has 0 saturated carbocycles. The maximum atomic E-state index is 12.2. The normalized spacial score (nSPS) is 26.8. The molecule has 0 radical (unpaired) electrons. The van der Waals surface area contributed by atoms with Crippen LogP contribution >= 0.6 is 0 Å². The van der Waals surface area contributed by atoms with E-state index in [0.717, 1.165) is 0 Å². The summed E-state index contributed by atoms with van der Waals surface area (Å²) in [5.41, 5.74) is 5.68. The second-order valence-corrected chi connectivity index (χ2v) is 6.34. The Morgan fingerprint density at radius 3 is 2.33 bits per heavy atom. The largest absolute Gasteiger partial charge is 0.481 e. The minimum absolute atomic E-state index is 0.0210. The van der Waals surface area contributed by atoms with E-state index in [4.69, 9.17) is 10.8 Å². The number of nitrogens with zero attached hydrogens (tertiary/aromatic N) is 1. The van der Waals surface area contributed by atoms with E-state index in [1.165, 1.54) is 0 Å². The highest BCUT2D eigenvalue weighted by atomic mass is 16.4. The molecule has 0 spiro atoms. The van der Waals surface area contributed by atoms with Crippen LogP contribution in [0.4, 0.5) is 0 Å². The Bertz CT molecular complexity index is 336. The van der Waals surface area contributed by atoms with E-state index in [1.54, 1.807) is 4.90 Å². The first-order chi connectivity index (χ1) is 8.14. The number of carbonyl (C=O) groups is 2. The predicted molar refractivity (Wildman–Crippen MR) is 68.9 cm³/mol. The van der Waals surface area contributed by atoms with Gasteiger partial charge in [0.15, 0.2) is 0 Å². The molecule has 1 amide bonds. The number of carboxylic acids is 1. The number of aliphatic carboxylic acids is 1. The van der Waals surface area contributed by atoms with Crippen LogP contribution in [-0.2, 0) is 9.59 Å². The molecule has 0 aliphatic carbocycles. The van der Waals surface area contributed by atoms with Crippen LogP contribution in [0.3, 0.4) is 0 Å². The summed E-state index contributed by atoms with van der Waals surface area (Å²) in [5.74, 6) is -1.21. The highest BCUT2D eigenvalue weighted by Crippen LogP contribution is 2.26. The van der Waals surface area contributed by atoms with Gasteiger partial charge in [-0.2, -0.15) is 0 Å². The fraction of sp³-hybridized carbons (Fsp3) is 0.846. The van der Waals surface area contributed by atoms with Crippen molar-refractivity contribution in [2.75, 3.05) is 13.1 Å². The van der Waals surface area contributed by atoms with E-state index in [-0.39, 0.29) is 23.2 Å². The van der Waals surface area contributed by atoms with Gasteiger partial charge in [0.25, 0.3) is 0 Å². The van der Waals surface area contributed by atoms with Gasteiger partial charge in [-0.05, 0) is 17.8 Å². The van der Waals surface area contributed by atoms with E-state index in [0.29, 0.717) is 19.5 Å². The third-order valence-electron chi connectivity index (χ3n) is 3.73. The summed E-state index contributed by atoms with van der Waals surface area (Å²) in [7, 11) is 0. The van der Waals surface area contributed by atoms with Gasteiger partial charge in [-0.15, -0.1) is 0 Å². The summed E-state index contributed by atoms with van der Waals surface area (Å²) in [6.07, 6.45) is 0.513. The van der Waals surface area contributed by atoms with Gasteiger partial charge in [0.05, 0.1) is 12.0 Å². The zero-order valence-electron chi connectivity index (χ0n) is 11.6. The van der Waals surface area contributed by atoms with Crippen LogP contribution in [-0.4, -0.2) is 41.0 Å². The van der Waals surface area contributed by atoms with E-state index >= 15 is 0 Å². The Labute approximate surface area is 108 Å². The molecule has 0 aromatic rings. The van der Waals surface area contributed by atoms with Crippen molar-refractivity contribution in [1.29, 1.82) is 0 Å². The second kappa shape index (κ2) is 5.26. The number of nitrogens with two attached hydrogens (primary N) is 1. The quantitative estimate of drug-likeness (QED) is 0.770. The summed E-state index contributed by atoms with van der Waals surface area (Å²) >= 11 is 0. The molecule has 0 aromatic carbocycles. The van der Waals surface area contributed by atoms with Gasteiger partial charge in [0.1, 0.15) is 0 Å². The van der Waals surface area contributed by atoms with Crippen LogP contribution in [0.2, 0.25) is 0 Å². The first-order valence-electron chi connectivity index (χ1n) is 6.41. The zero-order chi connectivity index (χ0) is 14.1. The van der Waals surface area contributed by atoms with Crippen molar-refractivity contribution in [3.8, 4) is 0 Å². The van der Waals surface area contributed by atoms with Crippen molar-refractivity contribution in [2.45, 2.75) is 40.2 Å². The summed E-state index contributed by atoms with van der Waals surface area (Å²) < 4.78 is 0. The molecule has 104 valence electrons. The SMILES string of the molecule is CC1CN(C(=O)C(N)C(C)(C)C)CCC1C(=O)O. The zero-order valence-corrected chi connectivity index (χ0v) is 11.6. The molecule has 1 saturated heterocycles. The van der Waals surface area contributed by atoms with E-state index in [9.17, 15) is 9.59 Å². The summed E-state index contributed by atoms with van der Waals surface area (Å²) in [6, 6.07) is -0.536. The number of likely N-dealkylation sites (tertiary alicyclic amines) is 1. The van der Waals surface area contributed by atoms with Crippen molar-refractivity contribution < 1.29 is 14.7 Å². The minimum atomic E-state index is -0.769. The molecule has 1 fully saturated rings. The fourth-order valence-electron chi connectivity index (χ4n) is 2.28. The van der Waals surface area contributed by atoms with Crippen LogP contribution in [0.1, 0.15) is 34.1 Å². The molecular formula is C13H24N2O3. The van der Waals surface area contributed by atoms with Gasteiger partial charge in [0, 0.05) is 13.1 Å². The molecule has 3 atom stereocenters. The predicted octanol–water partition coefficient (Wildman–Crippen LogP) is 0.929. The van der Waals surface area contributed by atoms with E-state index < -0.39 is 12.0 Å². The standard InChI is InChI=1S/C13H24N2O3/c1-8-7-15(6-5-9(8)12(17)18)11(16)10(14)13(2,3)4/h8-10H,5-7,14H2,1-4H3,(H,17,18). The van der Waals surface area contributed by atoms with Crippen LogP contribution < -0.4 is 5.73 Å². The Hall–Kier alpha value is -1.10. The molecule has 0 aromatic heterocycles. The van der Waals surface area contributed by atoms with Crippen molar-refractivity contribution >= 4 is 11.9 Å². The maximum absolute atomic E-state index is 12.2. The van der Waals surface area contributed by atoms with Gasteiger partial charge in [-0.3, -0.25) is 9.59 Å². The number of carboxylic acid groups (broad SMARTS) is 1. The third kappa shape index (κ3) is 3.22. The van der Waals surface area contributed by atoms with Crippen molar-refractivity contribution in [3.05, 3.63) is 0 Å². The van der Waals surface area contributed by atoms with Gasteiger partial charge in [-0.25, -0.2) is 0 Å². The average molecular weight is 256 g/mol. The molecular weight excluding hydrogens is 232 g/mol. The molecule has 0 bridgehead atoms. The average Bonchev–Trinajstić information content (AvgIpc) is 2.25. The lowest BCUT2D eigenvalue weighted by Gasteiger charge is -2.38. The monoisotopic (exact) mass is 256 g/mol. The molecule has 5 heteroatoms. The van der Waals surface area contributed by atoms with Crippen molar-refractivity contribution in [3.63, 3.8) is 0 Å². The Kier molecular flexibility index (Phi) is 4.37. The Balaban J connectivity index is 2.67. The van der Waals surface area contributed by atoms with Gasteiger partial charge in [0.2, 0.25) is 5.91 Å². The number of rotatable bonds is 2. The van der Waals surface area contributed by atoms with E-state index in [2.05, 4.69) is 0 Å². The van der Waals surface area contributed by atoms with Gasteiger partial charge in [-0.1, -0.05) is 27.7 Å². The lowest BCUT2D eigenvalue weighted by molar-refractivity contribution is -0.149.